The van der Waals surface area contributed by atoms with Gasteiger partial charge in [0.15, 0.2) is 0 Å². The second-order valence-corrected chi connectivity index (χ2v) is 7.79. The summed E-state index contributed by atoms with van der Waals surface area (Å²) >= 11 is 6.03. The number of nitrogens with zero attached hydrogens (tertiary/aromatic N) is 3. The molecular formula is C23H16ClN5O9. The van der Waals surface area contributed by atoms with Gasteiger partial charge < -0.3 is 15.4 Å². The van der Waals surface area contributed by atoms with E-state index in [0.29, 0.717) is 0 Å². The average molecular weight is 542 g/mol. The molecule has 0 saturated carbocycles. The minimum Gasteiger partial charge on any atom is -0.494 e. The monoisotopic (exact) mass is 541 g/mol. The van der Waals surface area contributed by atoms with E-state index in [1.165, 1.54) is 31.4 Å². The molecule has 2 N–H and O–H groups in total. The highest BCUT2D eigenvalue weighted by molar-refractivity contribution is 6.34. The fourth-order valence-electron chi connectivity index (χ4n) is 3.13. The normalized spacial score (nSPS) is 10.8. The predicted molar refractivity (Wildman–Crippen MR) is 135 cm³/mol. The lowest BCUT2D eigenvalue weighted by molar-refractivity contribution is -0.385. The molecule has 0 bridgehead atoms. The van der Waals surface area contributed by atoms with E-state index in [4.69, 9.17) is 16.3 Å². The van der Waals surface area contributed by atoms with Crippen molar-refractivity contribution in [1.29, 1.82) is 0 Å². The third kappa shape index (κ3) is 6.44. The van der Waals surface area contributed by atoms with Crippen molar-refractivity contribution in [2.45, 2.75) is 0 Å². The number of hydrogen-bond acceptors (Lipinski definition) is 9. The Labute approximate surface area is 217 Å². The van der Waals surface area contributed by atoms with Gasteiger partial charge in [-0.3, -0.25) is 39.9 Å². The maximum Gasteiger partial charge on any atom is 0.273 e. The van der Waals surface area contributed by atoms with Crippen LogP contribution in [-0.2, 0) is 4.79 Å². The predicted octanol–water partition coefficient (Wildman–Crippen LogP) is 4.48. The SMILES string of the molecule is COc1cc([N+](=O)[O-])ccc1NC(=O)/C(=C/c1cccc([N+](=O)[O-])c1)NC(=O)c1cc([N+](=O)[O-])ccc1Cl. The maximum absolute atomic E-state index is 13.2. The minimum atomic E-state index is -0.985. The van der Waals surface area contributed by atoms with Crippen molar-refractivity contribution in [1.82, 2.24) is 5.32 Å². The maximum atomic E-state index is 13.2. The van der Waals surface area contributed by atoms with Crippen LogP contribution >= 0.6 is 11.6 Å². The van der Waals surface area contributed by atoms with E-state index in [1.54, 1.807) is 0 Å². The van der Waals surface area contributed by atoms with Crippen LogP contribution in [0.3, 0.4) is 0 Å². The lowest BCUT2D eigenvalue weighted by Gasteiger charge is -2.14. The Morgan fingerprint density at radius 1 is 0.868 bits per heavy atom. The molecule has 15 heteroatoms. The van der Waals surface area contributed by atoms with Gasteiger partial charge in [-0.05, 0) is 23.8 Å². The van der Waals surface area contributed by atoms with Crippen LogP contribution < -0.4 is 15.4 Å². The number of benzene rings is 3. The molecule has 0 aliphatic carbocycles. The van der Waals surface area contributed by atoms with Crippen LogP contribution in [0.25, 0.3) is 6.08 Å². The first-order chi connectivity index (χ1) is 18.0. The summed E-state index contributed by atoms with van der Waals surface area (Å²) in [6, 6.07) is 11.7. The fourth-order valence-corrected chi connectivity index (χ4v) is 3.33. The molecule has 0 spiro atoms. The zero-order chi connectivity index (χ0) is 28.0. The van der Waals surface area contributed by atoms with Gasteiger partial charge in [-0.2, -0.15) is 0 Å². The number of ether oxygens (including phenoxy) is 1. The lowest BCUT2D eigenvalue weighted by atomic mass is 10.1. The van der Waals surface area contributed by atoms with E-state index in [1.807, 2.05) is 0 Å². The van der Waals surface area contributed by atoms with Crippen LogP contribution in [0.5, 0.6) is 5.75 Å². The Hall–Kier alpha value is -5.37. The average Bonchev–Trinajstić information content (AvgIpc) is 2.88. The summed E-state index contributed by atoms with van der Waals surface area (Å²) in [5.74, 6) is -1.99. The van der Waals surface area contributed by atoms with Gasteiger partial charge in [0.25, 0.3) is 28.9 Å². The molecule has 0 radical (unpaired) electrons. The highest BCUT2D eigenvalue weighted by Gasteiger charge is 2.21. The highest BCUT2D eigenvalue weighted by Crippen LogP contribution is 2.29. The first-order valence-electron chi connectivity index (χ1n) is 10.4. The summed E-state index contributed by atoms with van der Waals surface area (Å²) in [6.45, 7) is 0. The first-order valence-corrected chi connectivity index (χ1v) is 10.7. The van der Waals surface area contributed by atoms with Crippen LogP contribution in [0.1, 0.15) is 15.9 Å². The standard InChI is InChI=1S/C23H16ClN5O9/c1-38-21-12-16(29(36)37)6-8-19(21)25-23(31)20(10-13-3-2-4-14(9-13)27(32)33)26-22(30)17-11-15(28(34)35)5-7-18(17)24/h2-12H,1H3,(H,25,31)(H,26,30)/b20-10-. The number of anilines is 1. The van der Waals surface area contributed by atoms with Crippen molar-refractivity contribution in [3.05, 3.63) is 113 Å². The molecule has 0 unspecified atom stereocenters. The molecule has 0 aliphatic heterocycles. The number of carbonyl (C=O) groups excluding carboxylic acids is 2. The quantitative estimate of drug-likeness (QED) is 0.223. The number of nitrogens with one attached hydrogen (secondary N) is 2. The van der Waals surface area contributed by atoms with Crippen molar-refractivity contribution < 1.29 is 29.1 Å². The van der Waals surface area contributed by atoms with Crippen LogP contribution in [-0.4, -0.2) is 33.7 Å². The minimum absolute atomic E-state index is 0.00988. The summed E-state index contributed by atoms with van der Waals surface area (Å²) in [6.07, 6.45) is 1.13. The number of hydrogen-bond donors (Lipinski definition) is 2. The number of rotatable bonds is 9. The van der Waals surface area contributed by atoms with E-state index < -0.39 is 38.0 Å². The van der Waals surface area contributed by atoms with E-state index in [2.05, 4.69) is 10.6 Å². The van der Waals surface area contributed by atoms with E-state index in [-0.39, 0.29) is 39.0 Å². The lowest BCUT2D eigenvalue weighted by Crippen LogP contribution is -2.31. The van der Waals surface area contributed by atoms with Gasteiger partial charge in [0, 0.05) is 30.3 Å². The van der Waals surface area contributed by atoms with Crippen molar-refractivity contribution in [2.75, 3.05) is 12.4 Å². The smallest absolute Gasteiger partial charge is 0.273 e. The molecule has 0 heterocycles. The molecule has 2 amide bonds. The zero-order valence-corrected chi connectivity index (χ0v) is 20.0. The molecule has 0 aromatic heterocycles. The third-order valence-corrected chi connectivity index (χ3v) is 5.26. The van der Waals surface area contributed by atoms with Gasteiger partial charge in [-0.25, -0.2) is 0 Å². The number of nitro benzene ring substituents is 3. The molecule has 3 aromatic rings. The van der Waals surface area contributed by atoms with Crippen LogP contribution in [0.2, 0.25) is 5.02 Å². The van der Waals surface area contributed by atoms with Gasteiger partial charge in [0.05, 0.1) is 44.2 Å². The summed E-state index contributed by atoms with van der Waals surface area (Å²) in [5, 5.41) is 37.9. The Morgan fingerprint density at radius 2 is 1.47 bits per heavy atom. The summed E-state index contributed by atoms with van der Waals surface area (Å²) < 4.78 is 5.10. The number of carbonyl (C=O) groups is 2. The highest BCUT2D eigenvalue weighted by atomic mass is 35.5. The number of non-ortho nitro benzene ring substituents is 3. The van der Waals surface area contributed by atoms with Gasteiger partial charge in [-0.15, -0.1) is 0 Å². The Kier molecular flexibility index (Phi) is 8.29. The second kappa shape index (κ2) is 11.6. The summed E-state index contributed by atoms with van der Waals surface area (Å²) in [4.78, 5) is 57.4. The zero-order valence-electron chi connectivity index (χ0n) is 19.2. The molecule has 0 saturated heterocycles. The fraction of sp³-hybridized carbons (Fsp3) is 0.0435. The van der Waals surface area contributed by atoms with Crippen molar-refractivity contribution in [3.8, 4) is 5.75 Å². The van der Waals surface area contributed by atoms with Gasteiger partial charge in [0.2, 0.25) is 0 Å². The summed E-state index contributed by atoms with van der Waals surface area (Å²) in [7, 11) is 1.22. The first kappa shape index (κ1) is 27.2. The number of nitro groups is 3. The Morgan fingerprint density at radius 3 is 2.11 bits per heavy atom. The number of methoxy groups -OCH3 is 1. The van der Waals surface area contributed by atoms with Crippen LogP contribution in [0, 0.1) is 30.3 Å². The van der Waals surface area contributed by atoms with Gasteiger partial charge >= 0.3 is 0 Å². The molecule has 38 heavy (non-hydrogen) atoms. The Bertz CT molecular complexity index is 1510. The van der Waals surface area contributed by atoms with Crippen molar-refractivity contribution in [3.63, 3.8) is 0 Å². The van der Waals surface area contributed by atoms with Gasteiger partial charge in [0.1, 0.15) is 11.4 Å². The van der Waals surface area contributed by atoms with E-state index in [9.17, 15) is 39.9 Å². The molecule has 14 nitrogen and oxygen atoms in total. The molecule has 0 aliphatic rings. The van der Waals surface area contributed by atoms with Gasteiger partial charge in [-0.1, -0.05) is 23.7 Å². The number of halogens is 1. The molecule has 0 atom stereocenters. The van der Waals surface area contributed by atoms with Crippen molar-refractivity contribution >= 4 is 52.2 Å². The van der Waals surface area contributed by atoms with E-state index >= 15 is 0 Å². The van der Waals surface area contributed by atoms with Crippen LogP contribution in [0.15, 0.2) is 66.4 Å². The molecule has 3 rings (SSSR count). The topological polar surface area (TPSA) is 197 Å². The largest absolute Gasteiger partial charge is 0.494 e. The molecule has 194 valence electrons. The molecule has 0 fully saturated rings. The van der Waals surface area contributed by atoms with E-state index in [0.717, 1.165) is 42.5 Å². The van der Waals surface area contributed by atoms with Crippen molar-refractivity contribution in [2.24, 2.45) is 0 Å². The second-order valence-electron chi connectivity index (χ2n) is 7.38. The summed E-state index contributed by atoms with van der Waals surface area (Å²) in [5.41, 5.74) is -1.60. The number of amides is 2. The molecule has 3 aromatic carbocycles. The third-order valence-electron chi connectivity index (χ3n) is 4.93. The Balaban J connectivity index is 2.03. The van der Waals surface area contributed by atoms with Crippen LogP contribution in [0.4, 0.5) is 22.7 Å². The molecular weight excluding hydrogens is 526 g/mol.